The van der Waals surface area contributed by atoms with Gasteiger partial charge in [0.05, 0.1) is 10.9 Å². The fraction of sp³-hybridized carbons (Fsp3) is 0.174. The van der Waals surface area contributed by atoms with E-state index in [0.717, 1.165) is 6.07 Å². The number of anilines is 1. The molecule has 10 heteroatoms. The first-order valence-corrected chi connectivity index (χ1v) is 10.2. The van der Waals surface area contributed by atoms with Crippen molar-refractivity contribution >= 4 is 34.2 Å². The van der Waals surface area contributed by atoms with Gasteiger partial charge in [-0.3, -0.25) is 4.79 Å². The highest BCUT2D eigenvalue weighted by Crippen LogP contribution is 2.40. The Bertz CT molecular complexity index is 1340. The lowest BCUT2D eigenvalue weighted by Gasteiger charge is -2.13. The van der Waals surface area contributed by atoms with Gasteiger partial charge >= 0.3 is 6.18 Å². The number of hydrogen-bond acceptors (Lipinski definition) is 4. The summed E-state index contributed by atoms with van der Waals surface area (Å²) in [6.07, 6.45) is -4.69. The molecule has 0 saturated heterocycles. The Hall–Kier alpha value is -3.59. The number of carbonyl (C=O) groups is 1. The standard InChI is InChI=1S/C23H18ClF3N4O2/c1-13-16(24)9-6-10-17(13)28-18(32)12-33-19-11-15(23(25,26)27)20-21(14-7-4-3-5-8-14)30-31(2)22(20)29-19/h3-11H,12H2,1-2H3,(H,28,32). The van der Waals surface area contributed by atoms with E-state index in [2.05, 4.69) is 15.4 Å². The van der Waals surface area contributed by atoms with Crippen LogP contribution in [0.2, 0.25) is 5.02 Å². The molecular weight excluding hydrogens is 457 g/mol. The number of fused-ring (bicyclic) bond motifs is 1. The third-order valence-corrected chi connectivity index (χ3v) is 5.43. The highest BCUT2D eigenvalue weighted by Gasteiger charge is 2.36. The van der Waals surface area contributed by atoms with Gasteiger partial charge in [0, 0.05) is 29.4 Å². The first-order valence-electron chi connectivity index (χ1n) is 9.83. The van der Waals surface area contributed by atoms with E-state index in [-0.39, 0.29) is 22.6 Å². The van der Waals surface area contributed by atoms with Gasteiger partial charge in [0.25, 0.3) is 5.91 Å². The average molecular weight is 475 g/mol. The number of carbonyl (C=O) groups excluding carboxylic acids is 1. The molecule has 4 rings (SSSR count). The van der Waals surface area contributed by atoms with Crippen molar-refractivity contribution in [2.24, 2.45) is 7.05 Å². The van der Waals surface area contributed by atoms with E-state index in [1.54, 1.807) is 55.5 Å². The molecule has 0 aliphatic heterocycles. The molecular formula is C23H18ClF3N4O2. The number of benzene rings is 2. The highest BCUT2D eigenvalue weighted by molar-refractivity contribution is 6.31. The Kier molecular flexibility index (Phi) is 5.99. The lowest BCUT2D eigenvalue weighted by molar-refractivity contribution is -0.136. The van der Waals surface area contributed by atoms with Crippen LogP contribution in [-0.2, 0) is 18.0 Å². The van der Waals surface area contributed by atoms with E-state index in [0.29, 0.717) is 21.8 Å². The van der Waals surface area contributed by atoms with Crippen LogP contribution in [0.1, 0.15) is 11.1 Å². The summed E-state index contributed by atoms with van der Waals surface area (Å²) in [5.41, 5.74) is 0.878. The second-order valence-electron chi connectivity index (χ2n) is 7.29. The molecule has 0 fully saturated rings. The van der Waals surface area contributed by atoms with Gasteiger partial charge in [-0.2, -0.15) is 23.3 Å². The largest absolute Gasteiger partial charge is 0.467 e. The number of hydrogen-bond donors (Lipinski definition) is 1. The maximum absolute atomic E-state index is 14.0. The number of halogens is 4. The molecule has 33 heavy (non-hydrogen) atoms. The fourth-order valence-electron chi connectivity index (χ4n) is 3.39. The van der Waals surface area contributed by atoms with Gasteiger partial charge in [-0.25, -0.2) is 4.68 Å². The van der Waals surface area contributed by atoms with Crippen molar-refractivity contribution < 1.29 is 22.7 Å². The zero-order chi connectivity index (χ0) is 23.8. The van der Waals surface area contributed by atoms with Crippen molar-refractivity contribution in [3.05, 3.63) is 70.7 Å². The summed E-state index contributed by atoms with van der Waals surface area (Å²) in [6, 6.07) is 14.3. The van der Waals surface area contributed by atoms with Crippen LogP contribution in [0.4, 0.5) is 18.9 Å². The van der Waals surface area contributed by atoms with Crippen LogP contribution >= 0.6 is 11.6 Å². The molecule has 0 atom stereocenters. The number of amides is 1. The molecule has 6 nitrogen and oxygen atoms in total. The second-order valence-corrected chi connectivity index (χ2v) is 7.70. The number of pyridine rings is 1. The lowest BCUT2D eigenvalue weighted by atomic mass is 10.0. The minimum atomic E-state index is -4.69. The number of aromatic nitrogens is 3. The van der Waals surface area contributed by atoms with Gasteiger partial charge in [-0.15, -0.1) is 0 Å². The number of nitrogens with one attached hydrogen (secondary N) is 1. The Morgan fingerprint density at radius 2 is 1.88 bits per heavy atom. The van der Waals surface area contributed by atoms with Gasteiger partial charge in [-0.1, -0.05) is 48.0 Å². The molecule has 0 bridgehead atoms. The number of aryl methyl sites for hydroxylation is 1. The Morgan fingerprint density at radius 3 is 2.58 bits per heavy atom. The van der Waals surface area contributed by atoms with Crippen LogP contribution in [-0.4, -0.2) is 27.3 Å². The van der Waals surface area contributed by atoms with Crippen LogP contribution in [0.15, 0.2) is 54.6 Å². The number of alkyl halides is 3. The zero-order valence-corrected chi connectivity index (χ0v) is 18.3. The molecule has 1 amide bonds. The Balaban J connectivity index is 1.66. The van der Waals surface area contributed by atoms with Crippen molar-refractivity contribution in [2.45, 2.75) is 13.1 Å². The topological polar surface area (TPSA) is 69.0 Å². The van der Waals surface area contributed by atoms with Gasteiger partial charge in [0.15, 0.2) is 12.3 Å². The van der Waals surface area contributed by atoms with E-state index < -0.39 is 24.3 Å². The third-order valence-electron chi connectivity index (χ3n) is 5.02. The van der Waals surface area contributed by atoms with Crippen molar-refractivity contribution in [3.63, 3.8) is 0 Å². The van der Waals surface area contributed by atoms with Gasteiger partial charge in [0.1, 0.15) is 5.69 Å². The first kappa shape index (κ1) is 22.6. The summed E-state index contributed by atoms with van der Waals surface area (Å²) in [5, 5.41) is 7.21. The van der Waals surface area contributed by atoms with Crippen molar-refractivity contribution in [1.82, 2.24) is 14.8 Å². The molecule has 4 aromatic rings. The van der Waals surface area contributed by atoms with Crippen molar-refractivity contribution in [3.8, 4) is 17.1 Å². The molecule has 2 aromatic heterocycles. The van der Waals surface area contributed by atoms with Crippen molar-refractivity contribution in [2.75, 3.05) is 11.9 Å². The zero-order valence-electron chi connectivity index (χ0n) is 17.6. The normalized spacial score (nSPS) is 11.6. The number of nitrogens with zero attached hydrogens (tertiary/aromatic N) is 3. The molecule has 0 saturated carbocycles. The monoisotopic (exact) mass is 474 g/mol. The molecule has 170 valence electrons. The second kappa shape index (κ2) is 8.74. The predicted molar refractivity (Wildman–Crippen MR) is 119 cm³/mol. The lowest BCUT2D eigenvalue weighted by Crippen LogP contribution is -2.21. The van der Waals surface area contributed by atoms with Gasteiger partial charge < -0.3 is 10.1 Å². The summed E-state index contributed by atoms with van der Waals surface area (Å²) < 4.78 is 48.5. The Morgan fingerprint density at radius 1 is 1.15 bits per heavy atom. The molecule has 0 radical (unpaired) electrons. The van der Waals surface area contributed by atoms with Crippen molar-refractivity contribution in [1.29, 1.82) is 0 Å². The summed E-state index contributed by atoms with van der Waals surface area (Å²) in [6.45, 7) is 1.20. The van der Waals surface area contributed by atoms with Crippen LogP contribution in [0.5, 0.6) is 5.88 Å². The maximum atomic E-state index is 14.0. The first-order chi connectivity index (χ1) is 15.6. The van der Waals surface area contributed by atoms with E-state index in [1.165, 1.54) is 11.7 Å². The van der Waals surface area contributed by atoms with Crippen LogP contribution in [0.25, 0.3) is 22.3 Å². The molecule has 0 aliphatic rings. The minimum absolute atomic E-state index is 0.00947. The number of rotatable bonds is 5. The van der Waals surface area contributed by atoms with E-state index >= 15 is 0 Å². The van der Waals surface area contributed by atoms with Crippen LogP contribution in [0, 0.1) is 6.92 Å². The Labute approximate surface area is 192 Å². The summed E-state index contributed by atoms with van der Waals surface area (Å²) in [4.78, 5) is 16.5. The van der Waals surface area contributed by atoms with Crippen LogP contribution in [0.3, 0.4) is 0 Å². The fourth-order valence-corrected chi connectivity index (χ4v) is 3.56. The van der Waals surface area contributed by atoms with Gasteiger partial charge in [-0.05, 0) is 24.6 Å². The quantitative estimate of drug-likeness (QED) is 0.407. The maximum Gasteiger partial charge on any atom is 0.417 e. The van der Waals surface area contributed by atoms with E-state index in [1.807, 2.05) is 0 Å². The smallest absolute Gasteiger partial charge is 0.417 e. The minimum Gasteiger partial charge on any atom is -0.467 e. The molecule has 0 unspecified atom stereocenters. The van der Waals surface area contributed by atoms with Gasteiger partial charge in [0.2, 0.25) is 5.88 Å². The predicted octanol–water partition coefficient (Wildman–Crippen LogP) is 5.63. The van der Waals surface area contributed by atoms with E-state index in [9.17, 15) is 18.0 Å². The molecule has 0 aliphatic carbocycles. The summed E-state index contributed by atoms with van der Waals surface area (Å²) >= 11 is 6.04. The molecule has 2 heterocycles. The summed E-state index contributed by atoms with van der Waals surface area (Å²) in [5.74, 6) is -0.902. The van der Waals surface area contributed by atoms with Crippen LogP contribution < -0.4 is 10.1 Å². The highest BCUT2D eigenvalue weighted by atomic mass is 35.5. The molecule has 0 spiro atoms. The molecule has 2 aromatic carbocycles. The average Bonchev–Trinajstić information content (AvgIpc) is 3.11. The number of ether oxygens (including phenoxy) is 1. The summed E-state index contributed by atoms with van der Waals surface area (Å²) in [7, 11) is 1.50. The third kappa shape index (κ3) is 4.63. The molecule has 1 N–H and O–H groups in total. The SMILES string of the molecule is Cc1c(Cl)cccc1NC(=O)COc1cc(C(F)(F)F)c2c(-c3ccccc3)nn(C)c2n1. The van der Waals surface area contributed by atoms with E-state index in [4.69, 9.17) is 16.3 Å².